The number of likely N-dealkylation sites (N-methyl/N-ethyl adjacent to an activating group) is 1. The normalized spacial score (nSPS) is 25.3. The highest BCUT2D eigenvalue weighted by Gasteiger charge is 2.53. The molecular weight excluding hydrogens is 523 g/mol. The molecule has 2 aromatic carbocycles. The van der Waals surface area contributed by atoms with Gasteiger partial charge in [0.05, 0.1) is 22.6 Å². The van der Waals surface area contributed by atoms with Crippen LogP contribution in [0.2, 0.25) is 10.0 Å². The lowest BCUT2D eigenvalue weighted by Crippen LogP contribution is -2.61. The van der Waals surface area contributed by atoms with Gasteiger partial charge in [0, 0.05) is 51.5 Å². The number of ether oxygens (including phenoxy) is 2. The van der Waals surface area contributed by atoms with E-state index in [1.807, 2.05) is 42.3 Å². The monoisotopic (exact) mass is 558 g/mol. The van der Waals surface area contributed by atoms with Gasteiger partial charge in [-0.2, -0.15) is 0 Å². The Morgan fingerprint density at radius 3 is 2.68 bits per heavy atom. The molecule has 2 aromatic rings. The largest absolute Gasteiger partial charge is 0.427 e. The standard InChI is InChI=1S/C30H36Cl2N2O4/c1-5-12-34-13-11-30(22-7-6-8-24(16-22)38-20(2)35)18-23(17-28(37-4)25(30)19-34)33(3)29(36)15-21-9-10-26(31)27(32)14-21/h5-10,14,16,23,25,28H,1,11-13,15,17-19H2,2-4H3/t23-,25+,28?,30+/m1/s1. The maximum absolute atomic E-state index is 13.4. The Kier molecular flexibility index (Phi) is 9.19. The summed E-state index contributed by atoms with van der Waals surface area (Å²) in [6.07, 6.45) is 4.59. The lowest BCUT2D eigenvalue weighted by molar-refractivity contribution is -0.137. The summed E-state index contributed by atoms with van der Waals surface area (Å²) >= 11 is 12.3. The predicted octanol–water partition coefficient (Wildman–Crippen LogP) is 5.54. The summed E-state index contributed by atoms with van der Waals surface area (Å²) in [6, 6.07) is 13.2. The summed E-state index contributed by atoms with van der Waals surface area (Å²) in [5, 5.41) is 0.913. The van der Waals surface area contributed by atoms with Crippen LogP contribution in [-0.2, 0) is 26.2 Å². The van der Waals surface area contributed by atoms with Crippen molar-refractivity contribution in [3.8, 4) is 5.75 Å². The molecule has 0 bridgehead atoms. The van der Waals surface area contributed by atoms with Crippen molar-refractivity contribution in [1.29, 1.82) is 0 Å². The van der Waals surface area contributed by atoms with E-state index in [1.165, 1.54) is 6.92 Å². The molecule has 0 radical (unpaired) electrons. The van der Waals surface area contributed by atoms with Gasteiger partial charge in [-0.25, -0.2) is 0 Å². The molecule has 4 atom stereocenters. The minimum absolute atomic E-state index is 0.0187. The number of fused-ring (bicyclic) bond motifs is 1. The van der Waals surface area contributed by atoms with Crippen molar-refractivity contribution in [2.45, 2.75) is 50.2 Å². The number of carbonyl (C=O) groups is 2. The number of rotatable bonds is 8. The second-order valence-corrected chi connectivity index (χ2v) is 11.3. The first-order valence-corrected chi connectivity index (χ1v) is 13.8. The number of hydrogen-bond acceptors (Lipinski definition) is 5. The number of piperidine rings is 1. The van der Waals surface area contributed by atoms with Crippen molar-refractivity contribution in [3.05, 3.63) is 76.3 Å². The summed E-state index contributed by atoms with van der Waals surface area (Å²) in [4.78, 5) is 29.4. The number of carbonyl (C=O) groups excluding carboxylic acids is 2. The van der Waals surface area contributed by atoms with Crippen molar-refractivity contribution in [2.24, 2.45) is 5.92 Å². The van der Waals surface area contributed by atoms with Gasteiger partial charge in [-0.05, 0) is 61.2 Å². The van der Waals surface area contributed by atoms with Gasteiger partial charge < -0.3 is 14.4 Å². The molecule has 4 rings (SSSR count). The zero-order chi connectivity index (χ0) is 27.4. The lowest BCUT2D eigenvalue weighted by atomic mass is 9.56. The Bertz CT molecular complexity index is 1190. The van der Waals surface area contributed by atoms with Crippen LogP contribution in [0.3, 0.4) is 0 Å². The van der Waals surface area contributed by atoms with Crippen molar-refractivity contribution in [1.82, 2.24) is 9.80 Å². The smallest absolute Gasteiger partial charge is 0.308 e. The number of likely N-dealkylation sites (tertiary alicyclic amines) is 1. The number of hydrogen-bond donors (Lipinski definition) is 0. The fourth-order valence-corrected chi connectivity index (χ4v) is 6.64. The Morgan fingerprint density at radius 1 is 1.21 bits per heavy atom. The molecule has 0 N–H and O–H groups in total. The molecule has 1 unspecified atom stereocenters. The molecule has 38 heavy (non-hydrogen) atoms. The zero-order valence-corrected chi connectivity index (χ0v) is 23.8. The SMILES string of the molecule is C=CCN1CC[C@@]2(c3cccc(OC(C)=O)c3)C[C@H](N(C)C(=O)Cc3ccc(Cl)c(Cl)c3)CC(OC)[C@@H]2C1. The van der Waals surface area contributed by atoms with E-state index in [4.69, 9.17) is 32.7 Å². The van der Waals surface area contributed by atoms with E-state index >= 15 is 0 Å². The summed E-state index contributed by atoms with van der Waals surface area (Å²) in [6.45, 7) is 7.94. The van der Waals surface area contributed by atoms with Crippen molar-refractivity contribution >= 4 is 35.1 Å². The Morgan fingerprint density at radius 2 is 2.00 bits per heavy atom. The summed E-state index contributed by atoms with van der Waals surface area (Å²) in [5.41, 5.74) is 1.71. The average Bonchev–Trinajstić information content (AvgIpc) is 2.89. The number of methoxy groups -OCH3 is 1. The number of halogens is 2. The van der Waals surface area contributed by atoms with Crippen LogP contribution in [0, 0.1) is 5.92 Å². The van der Waals surface area contributed by atoms with Gasteiger partial charge in [0.2, 0.25) is 5.91 Å². The highest BCUT2D eigenvalue weighted by atomic mass is 35.5. The van der Waals surface area contributed by atoms with E-state index in [-0.39, 0.29) is 41.8 Å². The van der Waals surface area contributed by atoms with Crippen LogP contribution in [0.15, 0.2) is 55.1 Å². The van der Waals surface area contributed by atoms with Gasteiger partial charge >= 0.3 is 5.97 Å². The summed E-state index contributed by atoms with van der Waals surface area (Å²) in [5.74, 6) is 0.427. The first-order chi connectivity index (χ1) is 18.2. The second kappa shape index (κ2) is 12.2. The van der Waals surface area contributed by atoms with Gasteiger partial charge in [0.25, 0.3) is 0 Å². The fourth-order valence-electron chi connectivity index (χ4n) is 6.32. The van der Waals surface area contributed by atoms with Crippen LogP contribution in [0.1, 0.15) is 37.3 Å². The zero-order valence-electron chi connectivity index (χ0n) is 22.3. The average molecular weight is 560 g/mol. The van der Waals surface area contributed by atoms with Gasteiger partial charge in [-0.3, -0.25) is 14.5 Å². The van der Waals surface area contributed by atoms with Crippen LogP contribution in [-0.4, -0.2) is 67.6 Å². The maximum Gasteiger partial charge on any atom is 0.308 e. The third kappa shape index (κ3) is 6.09. The topological polar surface area (TPSA) is 59.1 Å². The Hall–Kier alpha value is -2.38. The Balaban J connectivity index is 1.66. The maximum atomic E-state index is 13.4. The van der Waals surface area contributed by atoms with Crippen LogP contribution < -0.4 is 4.74 Å². The molecule has 1 heterocycles. The minimum atomic E-state index is -0.346. The number of nitrogens with zero attached hydrogens (tertiary/aromatic N) is 2. The minimum Gasteiger partial charge on any atom is -0.427 e. The van der Waals surface area contributed by atoms with Gasteiger partial charge in [0.1, 0.15) is 5.75 Å². The van der Waals surface area contributed by atoms with Gasteiger partial charge in [-0.15, -0.1) is 6.58 Å². The first kappa shape index (κ1) is 28.6. The number of esters is 1. The van der Waals surface area contributed by atoms with Crippen molar-refractivity contribution < 1.29 is 19.1 Å². The third-order valence-corrected chi connectivity index (χ3v) is 8.97. The van der Waals surface area contributed by atoms with Crippen molar-refractivity contribution in [3.63, 3.8) is 0 Å². The third-order valence-electron chi connectivity index (χ3n) is 8.23. The van der Waals surface area contributed by atoms with Gasteiger partial charge in [0.15, 0.2) is 0 Å². The van der Waals surface area contributed by atoms with E-state index in [2.05, 4.69) is 17.5 Å². The second-order valence-electron chi connectivity index (χ2n) is 10.5. The van der Waals surface area contributed by atoms with Crippen LogP contribution in [0.5, 0.6) is 5.75 Å². The van der Waals surface area contributed by atoms with E-state index in [0.717, 1.165) is 50.0 Å². The first-order valence-electron chi connectivity index (χ1n) is 13.0. The highest BCUT2D eigenvalue weighted by Crippen LogP contribution is 2.51. The van der Waals surface area contributed by atoms with Crippen molar-refractivity contribution in [2.75, 3.05) is 33.8 Å². The molecule has 204 valence electrons. The molecular formula is C30H36Cl2N2O4. The molecule has 0 aromatic heterocycles. The van der Waals surface area contributed by atoms with Crippen LogP contribution >= 0.6 is 23.2 Å². The fraction of sp³-hybridized carbons (Fsp3) is 0.467. The van der Waals surface area contributed by atoms with Gasteiger partial charge in [-0.1, -0.05) is 47.5 Å². The molecule has 2 fully saturated rings. The summed E-state index contributed by atoms with van der Waals surface area (Å²) in [7, 11) is 3.64. The van der Waals surface area contributed by atoms with E-state index in [0.29, 0.717) is 15.8 Å². The molecule has 1 aliphatic heterocycles. The Labute approximate surface area is 235 Å². The molecule has 2 aliphatic rings. The van der Waals surface area contributed by atoms with Crippen LogP contribution in [0.25, 0.3) is 0 Å². The molecule has 6 nitrogen and oxygen atoms in total. The molecule has 1 aliphatic carbocycles. The molecule has 8 heteroatoms. The quantitative estimate of drug-likeness (QED) is 0.242. The van der Waals surface area contributed by atoms with E-state index < -0.39 is 0 Å². The van der Waals surface area contributed by atoms with E-state index in [9.17, 15) is 9.59 Å². The highest BCUT2D eigenvalue weighted by molar-refractivity contribution is 6.42. The summed E-state index contributed by atoms with van der Waals surface area (Å²) < 4.78 is 11.6. The molecule has 1 amide bonds. The number of benzene rings is 2. The molecule has 1 saturated heterocycles. The molecule has 1 saturated carbocycles. The van der Waals surface area contributed by atoms with Crippen LogP contribution in [0.4, 0.5) is 0 Å². The lowest BCUT2D eigenvalue weighted by Gasteiger charge is -2.56. The number of amides is 1. The predicted molar refractivity (Wildman–Crippen MR) is 151 cm³/mol. The van der Waals surface area contributed by atoms with E-state index in [1.54, 1.807) is 19.2 Å². The molecule has 0 spiro atoms.